The first-order valence-corrected chi connectivity index (χ1v) is 6.48. The number of carbonyl (C=O) groups excluding carboxylic acids is 2. The number of nitrogens with two attached hydrogens (primary N) is 1. The van der Waals surface area contributed by atoms with Crippen LogP contribution in [-0.2, 0) is 11.3 Å². The molecule has 0 unspecified atom stereocenters. The van der Waals surface area contributed by atoms with Gasteiger partial charge in [-0.2, -0.15) is 0 Å². The van der Waals surface area contributed by atoms with Gasteiger partial charge in [-0.05, 0) is 36.8 Å². The van der Waals surface area contributed by atoms with Crippen molar-refractivity contribution >= 4 is 23.2 Å². The molecular formula is C15H17N3O3. The Balaban J connectivity index is 2.15. The summed E-state index contributed by atoms with van der Waals surface area (Å²) in [6.45, 7) is 3.54. The van der Waals surface area contributed by atoms with E-state index in [0.29, 0.717) is 17.1 Å². The van der Waals surface area contributed by atoms with Crippen molar-refractivity contribution in [2.24, 2.45) is 5.73 Å². The Morgan fingerprint density at radius 2 is 1.95 bits per heavy atom. The van der Waals surface area contributed by atoms with E-state index >= 15 is 0 Å². The fraction of sp³-hybridized carbons (Fsp3) is 0.200. The second-order valence-electron chi connectivity index (χ2n) is 4.64. The summed E-state index contributed by atoms with van der Waals surface area (Å²) in [5, 5.41) is 5.42. The molecule has 21 heavy (non-hydrogen) atoms. The largest absolute Gasteiger partial charge is 0.455 e. The molecule has 1 aromatic carbocycles. The first-order chi connectivity index (χ1) is 9.99. The lowest BCUT2D eigenvalue weighted by atomic mass is 10.1. The van der Waals surface area contributed by atoms with E-state index in [9.17, 15) is 9.59 Å². The fourth-order valence-electron chi connectivity index (χ4n) is 1.83. The lowest BCUT2D eigenvalue weighted by Crippen LogP contribution is -2.12. The van der Waals surface area contributed by atoms with Crippen LogP contribution < -0.4 is 16.4 Å². The van der Waals surface area contributed by atoms with Gasteiger partial charge in [0.25, 0.3) is 5.91 Å². The molecule has 2 rings (SSSR count). The molecule has 2 amide bonds. The van der Waals surface area contributed by atoms with Crippen molar-refractivity contribution in [1.29, 1.82) is 0 Å². The van der Waals surface area contributed by atoms with Gasteiger partial charge in [-0.25, -0.2) is 0 Å². The number of aryl methyl sites for hydroxylation is 1. The van der Waals surface area contributed by atoms with Crippen molar-refractivity contribution < 1.29 is 14.0 Å². The minimum atomic E-state index is -0.368. The number of nitrogens with one attached hydrogen (secondary N) is 2. The predicted molar refractivity (Wildman–Crippen MR) is 80.0 cm³/mol. The van der Waals surface area contributed by atoms with Crippen LogP contribution in [0.4, 0.5) is 11.4 Å². The third kappa shape index (κ3) is 3.70. The molecule has 6 heteroatoms. The quantitative estimate of drug-likeness (QED) is 0.803. The first-order valence-electron chi connectivity index (χ1n) is 6.48. The van der Waals surface area contributed by atoms with Gasteiger partial charge in [-0.15, -0.1) is 0 Å². The smallest absolute Gasteiger partial charge is 0.291 e. The Morgan fingerprint density at radius 3 is 2.57 bits per heavy atom. The molecule has 1 aromatic heterocycles. The number of benzene rings is 1. The van der Waals surface area contributed by atoms with Gasteiger partial charge in [0.05, 0.1) is 6.54 Å². The van der Waals surface area contributed by atoms with Gasteiger partial charge in [-0.3, -0.25) is 9.59 Å². The molecule has 0 spiro atoms. The molecule has 0 aliphatic carbocycles. The highest BCUT2D eigenvalue weighted by Gasteiger charge is 2.12. The van der Waals surface area contributed by atoms with Crippen LogP contribution in [0.25, 0.3) is 0 Å². The molecule has 0 saturated heterocycles. The van der Waals surface area contributed by atoms with Crippen LogP contribution in [0.1, 0.15) is 28.8 Å². The summed E-state index contributed by atoms with van der Waals surface area (Å²) in [4.78, 5) is 23.2. The van der Waals surface area contributed by atoms with Crippen molar-refractivity contribution in [3.05, 3.63) is 47.4 Å². The zero-order valence-electron chi connectivity index (χ0n) is 11.9. The van der Waals surface area contributed by atoms with Gasteiger partial charge in [0.1, 0.15) is 5.76 Å². The number of furan rings is 1. The summed E-state index contributed by atoms with van der Waals surface area (Å²) in [7, 11) is 0. The molecule has 0 fully saturated rings. The lowest BCUT2D eigenvalue weighted by molar-refractivity contribution is -0.114. The number of carbonyl (C=O) groups is 2. The predicted octanol–water partition coefficient (Wildman–Crippen LogP) is 2.26. The first kappa shape index (κ1) is 14.8. The molecule has 4 N–H and O–H groups in total. The van der Waals surface area contributed by atoms with Gasteiger partial charge in [0.15, 0.2) is 5.76 Å². The van der Waals surface area contributed by atoms with Crippen LogP contribution >= 0.6 is 0 Å². The van der Waals surface area contributed by atoms with Crippen molar-refractivity contribution in [3.63, 3.8) is 0 Å². The average molecular weight is 287 g/mol. The van der Waals surface area contributed by atoms with Crippen molar-refractivity contribution in [2.45, 2.75) is 20.4 Å². The van der Waals surface area contributed by atoms with Crippen LogP contribution in [0.2, 0.25) is 0 Å². The molecule has 0 atom stereocenters. The summed E-state index contributed by atoms with van der Waals surface area (Å²) >= 11 is 0. The Bertz CT molecular complexity index is 677. The van der Waals surface area contributed by atoms with E-state index in [2.05, 4.69) is 10.6 Å². The highest BCUT2D eigenvalue weighted by molar-refractivity contribution is 6.02. The van der Waals surface area contributed by atoms with E-state index in [1.165, 1.54) is 6.92 Å². The number of hydrogen-bond donors (Lipinski definition) is 3. The van der Waals surface area contributed by atoms with Crippen molar-refractivity contribution in [2.75, 3.05) is 10.6 Å². The number of amides is 2. The second kappa shape index (κ2) is 6.23. The minimum Gasteiger partial charge on any atom is -0.455 e. The molecule has 110 valence electrons. The van der Waals surface area contributed by atoms with Gasteiger partial charge in [0.2, 0.25) is 5.91 Å². The van der Waals surface area contributed by atoms with Crippen LogP contribution in [0.3, 0.4) is 0 Å². The van der Waals surface area contributed by atoms with E-state index < -0.39 is 0 Å². The summed E-state index contributed by atoms with van der Waals surface area (Å²) in [5.41, 5.74) is 7.57. The molecule has 2 aromatic rings. The summed E-state index contributed by atoms with van der Waals surface area (Å²) in [5.74, 6) is 0.202. The highest BCUT2D eigenvalue weighted by Crippen LogP contribution is 2.21. The van der Waals surface area contributed by atoms with E-state index in [0.717, 1.165) is 5.56 Å². The van der Waals surface area contributed by atoms with Crippen LogP contribution in [0, 0.1) is 6.92 Å². The van der Waals surface area contributed by atoms with Gasteiger partial charge in [-0.1, -0.05) is 6.07 Å². The number of rotatable bonds is 4. The topological polar surface area (TPSA) is 97.4 Å². The minimum absolute atomic E-state index is 0.166. The maximum Gasteiger partial charge on any atom is 0.291 e. The normalized spacial score (nSPS) is 10.2. The SMILES string of the molecule is CC(=O)Nc1cc(NC(=O)c2ccc(CN)o2)ccc1C. The Kier molecular flexibility index (Phi) is 4.39. The standard InChI is InChI=1S/C15H17N3O3/c1-9-3-4-11(7-13(9)17-10(2)19)18-15(20)14-6-5-12(8-16)21-14/h3-7H,8,16H2,1-2H3,(H,17,19)(H,18,20). The van der Waals surface area contributed by atoms with E-state index in [1.54, 1.807) is 24.3 Å². The maximum atomic E-state index is 12.0. The molecule has 0 saturated carbocycles. The number of anilines is 2. The van der Waals surface area contributed by atoms with E-state index in [1.807, 2.05) is 13.0 Å². The summed E-state index contributed by atoms with van der Waals surface area (Å²) in [6, 6.07) is 8.49. The van der Waals surface area contributed by atoms with E-state index in [-0.39, 0.29) is 24.1 Å². The monoisotopic (exact) mass is 287 g/mol. The third-order valence-electron chi connectivity index (χ3n) is 2.89. The zero-order valence-corrected chi connectivity index (χ0v) is 11.9. The van der Waals surface area contributed by atoms with Crippen LogP contribution in [0.5, 0.6) is 0 Å². The van der Waals surface area contributed by atoms with Gasteiger partial charge in [0, 0.05) is 18.3 Å². The molecule has 0 aliphatic heterocycles. The summed E-state index contributed by atoms with van der Waals surface area (Å²) in [6.07, 6.45) is 0. The molecule has 0 aliphatic rings. The number of hydrogen-bond acceptors (Lipinski definition) is 4. The lowest BCUT2D eigenvalue weighted by Gasteiger charge is -2.09. The molecule has 1 heterocycles. The van der Waals surface area contributed by atoms with Crippen LogP contribution in [0.15, 0.2) is 34.7 Å². The van der Waals surface area contributed by atoms with Crippen LogP contribution in [-0.4, -0.2) is 11.8 Å². The van der Waals surface area contributed by atoms with Gasteiger partial charge < -0.3 is 20.8 Å². The Hall–Kier alpha value is -2.60. The molecule has 6 nitrogen and oxygen atoms in total. The van der Waals surface area contributed by atoms with E-state index in [4.69, 9.17) is 10.2 Å². The molecule has 0 bridgehead atoms. The Labute approximate surface area is 122 Å². The average Bonchev–Trinajstić information content (AvgIpc) is 2.91. The van der Waals surface area contributed by atoms with Gasteiger partial charge >= 0.3 is 0 Å². The second-order valence-corrected chi connectivity index (χ2v) is 4.64. The Morgan fingerprint density at radius 1 is 1.19 bits per heavy atom. The molecule has 0 radical (unpaired) electrons. The summed E-state index contributed by atoms with van der Waals surface area (Å²) < 4.78 is 5.28. The maximum absolute atomic E-state index is 12.0. The third-order valence-corrected chi connectivity index (χ3v) is 2.89. The molecular weight excluding hydrogens is 270 g/mol. The van der Waals surface area contributed by atoms with Crippen molar-refractivity contribution in [3.8, 4) is 0 Å². The van der Waals surface area contributed by atoms with Crippen molar-refractivity contribution in [1.82, 2.24) is 0 Å². The zero-order chi connectivity index (χ0) is 15.4. The highest BCUT2D eigenvalue weighted by atomic mass is 16.4. The fourth-order valence-corrected chi connectivity index (χ4v) is 1.83.